The van der Waals surface area contributed by atoms with Gasteiger partial charge in [0.1, 0.15) is 0 Å². The summed E-state index contributed by atoms with van der Waals surface area (Å²) in [7, 11) is -1.76. The monoisotopic (exact) mass is 250 g/mol. The predicted octanol–water partition coefficient (Wildman–Crippen LogP) is 2.84. The van der Waals surface area contributed by atoms with E-state index in [0.717, 1.165) is 5.56 Å². The molecule has 2 atom stereocenters. The number of hydrogen-bond donors (Lipinski definition) is 1. The first-order valence-corrected chi connectivity index (χ1v) is 9.24. The molecule has 1 aromatic rings. The van der Waals surface area contributed by atoms with Crippen LogP contribution in [0.3, 0.4) is 0 Å². The molecule has 0 bridgehead atoms. The van der Waals surface area contributed by atoms with E-state index in [1.807, 2.05) is 30.3 Å². The number of rotatable bonds is 4. The van der Waals surface area contributed by atoms with E-state index in [1.54, 1.807) is 0 Å². The Labute approximate surface area is 103 Å². The second-order valence-corrected chi connectivity index (χ2v) is 9.99. The molecule has 1 N–H and O–H groups in total. The van der Waals surface area contributed by atoms with Crippen LogP contribution in [0, 0.1) is 5.92 Å². The average Bonchev–Trinajstić information content (AvgIpc) is 2.93. The van der Waals surface area contributed by atoms with Gasteiger partial charge in [-0.25, -0.2) is 0 Å². The van der Waals surface area contributed by atoms with Crippen molar-refractivity contribution < 1.29 is 14.3 Å². The maximum absolute atomic E-state index is 11.2. The summed E-state index contributed by atoms with van der Waals surface area (Å²) in [5.41, 5.74) is 0.423. The zero-order valence-corrected chi connectivity index (χ0v) is 11.4. The molecule has 2 rings (SSSR count). The molecule has 17 heavy (non-hydrogen) atoms. The molecule has 1 aromatic carbocycles. The van der Waals surface area contributed by atoms with Crippen LogP contribution in [0.4, 0.5) is 0 Å². The molecule has 0 saturated heterocycles. The molecule has 92 valence electrons. The van der Waals surface area contributed by atoms with Gasteiger partial charge in [0.2, 0.25) is 0 Å². The number of carboxylic acids is 1. The van der Waals surface area contributed by atoms with Gasteiger partial charge in [-0.3, -0.25) is 4.79 Å². The molecular formula is C13H18O3Si. The van der Waals surface area contributed by atoms with Gasteiger partial charge in [-0.05, 0) is 31.6 Å². The maximum atomic E-state index is 11.2. The highest BCUT2D eigenvalue weighted by Gasteiger charge is 2.62. The quantitative estimate of drug-likeness (QED) is 0.836. The van der Waals surface area contributed by atoms with E-state index in [9.17, 15) is 9.90 Å². The Bertz CT molecular complexity index is 424. The van der Waals surface area contributed by atoms with Crippen LogP contribution in [0.5, 0.6) is 0 Å². The fourth-order valence-electron chi connectivity index (χ4n) is 2.29. The lowest BCUT2D eigenvalue weighted by molar-refractivity contribution is -0.140. The number of aliphatic carboxylic acids is 1. The Hall–Kier alpha value is -1.13. The summed E-state index contributed by atoms with van der Waals surface area (Å²) in [4.78, 5) is 11.2. The van der Waals surface area contributed by atoms with E-state index in [-0.39, 0.29) is 0 Å². The van der Waals surface area contributed by atoms with E-state index in [0.29, 0.717) is 6.42 Å². The lowest BCUT2D eigenvalue weighted by Crippen LogP contribution is -2.34. The third-order valence-electron chi connectivity index (χ3n) is 2.96. The van der Waals surface area contributed by atoms with Crippen LogP contribution in [0.15, 0.2) is 30.3 Å². The van der Waals surface area contributed by atoms with Crippen LogP contribution < -0.4 is 0 Å². The second-order valence-electron chi connectivity index (χ2n) is 5.56. The Morgan fingerprint density at radius 1 is 1.35 bits per heavy atom. The summed E-state index contributed by atoms with van der Waals surface area (Å²) in [6, 6.07) is 9.72. The van der Waals surface area contributed by atoms with Crippen molar-refractivity contribution in [1.29, 1.82) is 0 Å². The lowest BCUT2D eigenvalue weighted by atomic mass is 10.1. The smallest absolute Gasteiger partial charge is 0.309 e. The summed E-state index contributed by atoms with van der Waals surface area (Å²) < 4.78 is 6.15. The Kier molecular flexibility index (Phi) is 2.87. The molecule has 0 heterocycles. The fourth-order valence-corrected chi connectivity index (χ4v) is 3.72. The first kappa shape index (κ1) is 12.3. The molecule has 4 heteroatoms. The minimum absolute atomic E-state index is 0.392. The predicted molar refractivity (Wildman–Crippen MR) is 68.3 cm³/mol. The van der Waals surface area contributed by atoms with Gasteiger partial charge in [-0.1, -0.05) is 30.3 Å². The zero-order chi connectivity index (χ0) is 12.7. The number of carbonyl (C=O) groups is 1. The SMILES string of the molecule is C[Si](C)(C)OC1(c2ccccc2)CC1C(=O)O. The van der Waals surface area contributed by atoms with Crippen LogP contribution in [0.1, 0.15) is 12.0 Å². The Morgan fingerprint density at radius 2 is 1.94 bits per heavy atom. The highest BCUT2D eigenvalue weighted by atomic mass is 28.4. The normalized spacial score (nSPS) is 27.8. The largest absolute Gasteiger partial charge is 0.481 e. The van der Waals surface area contributed by atoms with E-state index in [2.05, 4.69) is 19.6 Å². The van der Waals surface area contributed by atoms with Gasteiger partial charge in [-0.2, -0.15) is 0 Å². The highest BCUT2D eigenvalue weighted by Crippen LogP contribution is 2.56. The molecule has 0 amide bonds. The summed E-state index contributed by atoms with van der Waals surface area (Å²) in [6.45, 7) is 6.28. The standard InChI is InChI=1S/C13H18O3Si/c1-17(2,3)16-13(9-11(13)12(14)15)10-7-5-4-6-8-10/h4-8,11H,9H2,1-3H3,(H,14,15). The van der Waals surface area contributed by atoms with Crippen LogP contribution >= 0.6 is 0 Å². The molecule has 0 spiro atoms. The van der Waals surface area contributed by atoms with Gasteiger partial charge in [0.05, 0.1) is 11.5 Å². The molecule has 0 radical (unpaired) electrons. The molecule has 0 aliphatic heterocycles. The zero-order valence-electron chi connectivity index (χ0n) is 10.4. The molecule has 1 fully saturated rings. The fraction of sp³-hybridized carbons (Fsp3) is 0.462. The Morgan fingerprint density at radius 3 is 2.35 bits per heavy atom. The van der Waals surface area contributed by atoms with Crippen LogP contribution in [-0.4, -0.2) is 19.4 Å². The molecule has 0 aromatic heterocycles. The Balaban J connectivity index is 2.32. The molecule has 3 nitrogen and oxygen atoms in total. The van der Waals surface area contributed by atoms with Gasteiger partial charge in [0.15, 0.2) is 8.32 Å². The molecule has 1 aliphatic rings. The number of benzene rings is 1. The summed E-state index contributed by atoms with van der Waals surface area (Å²) >= 11 is 0. The first-order chi connectivity index (χ1) is 7.85. The van der Waals surface area contributed by atoms with Gasteiger partial charge < -0.3 is 9.53 Å². The summed E-state index contributed by atoms with van der Waals surface area (Å²) in [5, 5.41) is 9.18. The third kappa shape index (κ3) is 2.42. The van der Waals surface area contributed by atoms with Gasteiger partial charge in [0.25, 0.3) is 0 Å². The molecule has 1 aliphatic carbocycles. The van der Waals surface area contributed by atoms with Crippen LogP contribution in [0.2, 0.25) is 19.6 Å². The van der Waals surface area contributed by atoms with Crippen molar-refractivity contribution in [1.82, 2.24) is 0 Å². The summed E-state index contributed by atoms with van der Waals surface area (Å²) in [5.74, 6) is -1.15. The van der Waals surface area contributed by atoms with Gasteiger partial charge >= 0.3 is 5.97 Å². The van der Waals surface area contributed by atoms with E-state index in [1.165, 1.54) is 0 Å². The molecular weight excluding hydrogens is 232 g/mol. The van der Waals surface area contributed by atoms with Crippen molar-refractivity contribution in [3.05, 3.63) is 35.9 Å². The van der Waals surface area contributed by atoms with Crippen molar-refractivity contribution in [2.24, 2.45) is 5.92 Å². The van der Waals surface area contributed by atoms with Gasteiger partial charge in [0, 0.05) is 0 Å². The highest BCUT2D eigenvalue weighted by molar-refractivity contribution is 6.69. The van der Waals surface area contributed by atoms with E-state index >= 15 is 0 Å². The summed E-state index contributed by atoms with van der Waals surface area (Å²) in [6.07, 6.45) is 0.594. The van der Waals surface area contributed by atoms with Crippen LogP contribution in [-0.2, 0) is 14.8 Å². The topological polar surface area (TPSA) is 46.5 Å². The molecule has 1 saturated carbocycles. The van der Waals surface area contributed by atoms with E-state index in [4.69, 9.17) is 4.43 Å². The van der Waals surface area contributed by atoms with Crippen molar-refractivity contribution >= 4 is 14.3 Å². The lowest BCUT2D eigenvalue weighted by Gasteiger charge is -2.27. The van der Waals surface area contributed by atoms with Crippen molar-refractivity contribution in [3.8, 4) is 0 Å². The van der Waals surface area contributed by atoms with Crippen molar-refractivity contribution in [2.45, 2.75) is 31.7 Å². The maximum Gasteiger partial charge on any atom is 0.309 e. The van der Waals surface area contributed by atoms with E-state index < -0.39 is 25.8 Å². The number of carboxylic acid groups (broad SMARTS) is 1. The van der Waals surface area contributed by atoms with Crippen molar-refractivity contribution in [3.63, 3.8) is 0 Å². The third-order valence-corrected chi connectivity index (χ3v) is 3.94. The first-order valence-electron chi connectivity index (χ1n) is 5.84. The average molecular weight is 250 g/mol. The minimum atomic E-state index is -1.76. The molecule has 2 unspecified atom stereocenters. The van der Waals surface area contributed by atoms with Gasteiger partial charge in [-0.15, -0.1) is 0 Å². The number of hydrogen-bond acceptors (Lipinski definition) is 2. The minimum Gasteiger partial charge on any atom is -0.481 e. The van der Waals surface area contributed by atoms with Crippen molar-refractivity contribution in [2.75, 3.05) is 0 Å². The second kappa shape index (κ2) is 3.96. The van der Waals surface area contributed by atoms with Crippen LogP contribution in [0.25, 0.3) is 0 Å².